The van der Waals surface area contributed by atoms with Gasteiger partial charge in [-0.25, -0.2) is 17.6 Å². The molecule has 0 spiro atoms. The van der Waals surface area contributed by atoms with Crippen LogP contribution >= 0.6 is 0 Å². The molecule has 0 unspecified atom stereocenters. The van der Waals surface area contributed by atoms with E-state index in [1.54, 1.807) is 6.08 Å². The van der Waals surface area contributed by atoms with Crippen molar-refractivity contribution in [2.24, 2.45) is 5.92 Å². The van der Waals surface area contributed by atoms with Crippen LogP contribution in [0.1, 0.15) is 58.4 Å². The van der Waals surface area contributed by atoms with Gasteiger partial charge in [0, 0.05) is 24.8 Å². The Labute approximate surface area is 176 Å². The molecule has 0 fully saturated rings. The van der Waals surface area contributed by atoms with Crippen molar-refractivity contribution in [2.45, 2.75) is 59.5 Å². The first-order chi connectivity index (χ1) is 14.2. The zero-order chi connectivity index (χ0) is 22.5. The first kappa shape index (κ1) is 25.9. The average molecular weight is 429 g/mol. The molecule has 0 aliphatic rings. The maximum Gasteiger partial charge on any atom is 0.244 e. The Morgan fingerprint density at radius 1 is 1.07 bits per heavy atom. The molecule has 30 heavy (non-hydrogen) atoms. The third-order valence-corrected chi connectivity index (χ3v) is 4.27. The summed E-state index contributed by atoms with van der Waals surface area (Å²) in [6.45, 7) is 6.63. The highest BCUT2D eigenvalue weighted by Gasteiger charge is 2.18. The molecule has 0 aromatic heterocycles. The van der Waals surface area contributed by atoms with Gasteiger partial charge in [-0.15, -0.1) is 0 Å². The number of unbranched alkanes of at least 4 members (excludes halogenated alkanes) is 4. The molecule has 0 aliphatic heterocycles. The van der Waals surface area contributed by atoms with Gasteiger partial charge in [0.2, 0.25) is 5.91 Å². The summed E-state index contributed by atoms with van der Waals surface area (Å²) in [7, 11) is 0. The van der Waals surface area contributed by atoms with E-state index in [0.29, 0.717) is 25.1 Å². The largest absolute Gasteiger partial charge is 0.377 e. The fraction of sp³-hybridized carbons (Fsp3) is 0.522. The van der Waals surface area contributed by atoms with E-state index in [1.165, 1.54) is 0 Å². The van der Waals surface area contributed by atoms with Gasteiger partial charge < -0.3 is 10.1 Å². The van der Waals surface area contributed by atoms with E-state index in [9.17, 15) is 22.4 Å². The van der Waals surface area contributed by atoms with Crippen LogP contribution < -0.4 is 5.32 Å². The molecule has 1 amide bonds. The summed E-state index contributed by atoms with van der Waals surface area (Å²) in [6.07, 6.45) is 10.00. The first-order valence-corrected chi connectivity index (χ1v) is 10.2. The number of hydrogen-bond donors (Lipinski definition) is 1. The van der Waals surface area contributed by atoms with Crippen LogP contribution in [0.25, 0.3) is 0 Å². The van der Waals surface area contributed by atoms with Gasteiger partial charge in [-0.1, -0.05) is 38.8 Å². The van der Waals surface area contributed by atoms with Gasteiger partial charge in [-0.3, -0.25) is 4.79 Å². The van der Waals surface area contributed by atoms with Crippen LogP contribution in [0.2, 0.25) is 0 Å². The molecule has 1 aromatic rings. The molecule has 0 saturated heterocycles. The second kappa shape index (κ2) is 14.0. The molecule has 3 nitrogen and oxygen atoms in total. The number of ether oxygens (including phenoxy) is 1. The molecule has 0 atom stereocenters. The van der Waals surface area contributed by atoms with Gasteiger partial charge in [-0.05, 0) is 43.7 Å². The fourth-order valence-corrected chi connectivity index (χ4v) is 2.61. The van der Waals surface area contributed by atoms with Crippen LogP contribution in [-0.4, -0.2) is 19.1 Å². The molecule has 0 saturated carbocycles. The van der Waals surface area contributed by atoms with Crippen molar-refractivity contribution in [3.05, 3.63) is 58.7 Å². The average Bonchev–Trinajstić information content (AvgIpc) is 2.69. The Morgan fingerprint density at radius 2 is 1.77 bits per heavy atom. The smallest absolute Gasteiger partial charge is 0.244 e. The molecular weight excluding hydrogens is 398 g/mol. The second-order valence-electron chi connectivity index (χ2n) is 7.64. The number of hydrogen-bond acceptors (Lipinski definition) is 2. The van der Waals surface area contributed by atoms with E-state index in [1.807, 2.05) is 32.9 Å². The highest BCUT2D eigenvalue weighted by atomic mass is 19.2. The number of allylic oxidation sites excluding steroid dienone is 3. The summed E-state index contributed by atoms with van der Waals surface area (Å²) in [5, 5.41) is 2.83. The van der Waals surface area contributed by atoms with Crippen molar-refractivity contribution in [1.29, 1.82) is 0 Å². The van der Waals surface area contributed by atoms with E-state index in [0.717, 1.165) is 37.7 Å². The quantitative estimate of drug-likeness (QED) is 0.105. The summed E-state index contributed by atoms with van der Waals surface area (Å²) in [5.74, 6) is -6.15. The van der Waals surface area contributed by atoms with Crippen LogP contribution in [-0.2, 0) is 16.1 Å². The minimum absolute atomic E-state index is 0.0863. The Morgan fingerprint density at radius 3 is 2.47 bits per heavy atom. The third-order valence-electron chi connectivity index (χ3n) is 4.27. The SMILES string of the molecule is CC(/C=C/CCCCCCOCc1cc(F)c(F)c(F)c1F)=C\C(=O)NCC(C)C. The van der Waals surface area contributed by atoms with E-state index in [-0.39, 0.29) is 18.1 Å². The lowest BCUT2D eigenvalue weighted by Gasteiger charge is -2.07. The minimum atomic E-state index is -1.82. The highest BCUT2D eigenvalue weighted by Crippen LogP contribution is 2.19. The maximum atomic E-state index is 13.5. The van der Waals surface area contributed by atoms with Gasteiger partial charge in [-0.2, -0.15) is 0 Å². The number of carbonyl (C=O) groups excluding carboxylic acids is 1. The predicted octanol–water partition coefficient (Wildman–Crippen LogP) is 5.98. The van der Waals surface area contributed by atoms with E-state index in [2.05, 4.69) is 5.32 Å². The Kier molecular flexibility index (Phi) is 12.0. The summed E-state index contributed by atoms with van der Waals surface area (Å²) >= 11 is 0. The first-order valence-electron chi connectivity index (χ1n) is 10.2. The predicted molar refractivity (Wildman–Crippen MR) is 110 cm³/mol. The molecular formula is C23H31F4NO2. The van der Waals surface area contributed by atoms with Crippen molar-refractivity contribution in [2.75, 3.05) is 13.2 Å². The van der Waals surface area contributed by atoms with E-state index < -0.39 is 23.3 Å². The standard InChI is InChI=1S/C23H31F4NO2/c1-16(2)14-28-20(29)12-17(3)10-8-6-4-5-7-9-11-30-15-18-13-19(24)22(26)23(27)21(18)25/h8,10,12-13,16H,4-7,9,11,14-15H2,1-3H3,(H,28,29)/b10-8+,17-12+. The Bertz CT molecular complexity index is 745. The third kappa shape index (κ3) is 10.1. The minimum Gasteiger partial charge on any atom is -0.377 e. The number of rotatable bonds is 13. The number of halogens is 4. The van der Waals surface area contributed by atoms with Gasteiger partial charge in [0.15, 0.2) is 23.3 Å². The van der Waals surface area contributed by atoms with E-state index in [4.69, 9.17) is 4.74 Å². The lowest BCUT2D eigenvalue weighted by molar-refractivity contribution is -0.116. The van der Waals surface area contributed by atoms with Crippen LogP contribution in [0.5, 0.6) is 0 Å². The molecule has 168 valence electrons. The monoisotopic (exact) mass is 429 g/mol. The molecule has 1 aromatic carbocycles. The van der Waals surface area contributed by atoms with Crippen LogP contribution in [0.4, 0.5) is 17.6 Å². The number of carbonyl (C=O) groups is 1. The normalized spacial score (nSPS) is 12.2. The van der Waals surface area contributed by atoms with Crippen molar-refractivity contribution in [3.63, 3.8) is 0 Å². The lowest BCUT2D eigenvalue weighted by atomic mass is 10.1. The van der Waals surface area contributed by atoms with Crippen molar-refractivity contribution < 1.29 is 27.1 Å². The second-order valence-corrected chi connectivity index (χ2v) is 7.64. The van der Waals surface area contributed by atoms with Crippen molar-refractivity contribution >= 4 is 5.91 Å². The number of benzene rings is 1. The van der Waals surface area contributed by atoms with Crippen LogP contribution in [0.3, 0.4) is 0 Å². The molecule has 1 N–H and O–H groups in total. The summed E-state index contributed by atoms with van der Waals surface area (Å²) in [5.41, 5.74) is 0.559. The molecule has 0 aliphatic carbocycles. The Balaban J connectivity index is 2.14. The maximum absolute atomic E-state index is 13.5. The topological polar surface area (TPSA) is 38.3 Å². The van der Waals surface area contributed by atoms with Crippen molar-refractivity contribution in [3.8, 4) is 0 Å². The fourth-order valence-electron chi connectivity index (χ4n) is 2.61. The zero-order valence-corrected chi connectivity index (χ0v) is 17.9. The van der Waals surface area contributed by atoms with Gasteiger partial charge >= 0.3 is 0 Å². The molecule has 0 bridgehead atoms. The summed E-state index contributed by atoms with van der Waals surface area (Å²) in [6, 6.07) is 0.616. The molecule has 7 heteroatoms. The van der Waals surface area contributed by atoms with Gasteiger partial charge in [0.05, 0.1) is 6.61 Å². The van der Waals surface area contributed by atoms with Crippen LogP contribution in [0, 0.1) is 29.2 Å². The van der Waals surface area contributed by atoms with Gasteiger partial charge in [0.25, 0.3) is 0 Å². The summed E-state index contributed by atoms with van der Waals surface area (Å²) < 4.78 is 57.8. The van der Waals surface area contributed by atoms with Crippen molar-refractivity contribution in [1.82, 2.24) is 5.32 Å². The molecule has 0 radical (unpaired) electrons. The number of nitrogens with one attached hydrogen (secondary N) is 1. The lowest BCUT2D eigenvalue weighted by Crippen LogP contribution is -2.25. The Hall–Kier alpha value is -2.15. The van der Waals surface area contributed by atoms with Crippen LogP contribution in [0.15, 0.2) is 29.9 Å². The molecule has 0 heterocycles. The zero-order valence-electron chi connectivity index (χ0n) is 17.9. The van der Waals surface area contributed by atoms with Gasteiger partial charge in [0.1, 0.15) is 0 Å². The summed E-state index contributed by atoms with van der Waals surface area (Å²) in [4.78, 5) is 11.7. The molecule has 1 rings (SSSR count). The van der Waals surface area contributed by atoms with E-state index >= 15 is 0 Å². The number of amides is 1. The highest BCUT2D eigenvalue weighted by molar-refractivity contribution is 5.88.